The minimum Gasteiger partial charge on any atom is -0.375 e. The van der Waals surface area contributed by atoms with Crippen molar-refractivity contribution < 1.29 is 4.74 Å². The minimum absolute atomic E-state index is 0.120. The highest BCUT2D eigenvalue weighted by atomic mass is 16.5. The number of nitrogens with zero attached hydrogens (tertiary/aromatic N) is 1. The van der Waals surface area contributed by atoms with Crippen molar-refractivity contribution in [1.82, 2.24) is 10.2 Å². The molecule has 0 aromatic heterocycles. The van der Waals surface area contributed by atoms with E-state index < -0.39 is 0 Å². The first-order chi connectivity index (χ1) is 10.6. The molecule has 3 heteroatoms. The molecule has 1 aromatic rings. The van der Waals surface area contributed by atoms with Crippen LogP contribution in [0.25, 0.3) is 0 Å². The van der Waals surface area contributed by atoms with Gasteiger partial charge < -0.3 is 15.0 Å². The first-order valence-electron chi connectivity index (χ1n) is 8.66. The highest BCUT2D eigenvalue weighted by Gasteiger charge is 2.24. The molecule has 22 heavy (non-hydrogen) atoms. The second-order valence-electron chi connectivity index (χ2n) is 6.99. The Morgan fingerprint density at radius 2 is 1.77 bits per heavy atom. The standard InChI is InChI=1S/C19H32N2O/c1-15(2)14-21-12-10-18(11-13-21)20-16(3)19(22-4)17-8-6-5-7-9-17/h5-9,15-16,18-20H,10-14H2,1-4H3/t16-,19+/m0/s1. The highest BCUT2D eigenvalue weighted by Crippen LogP contribution is 2.22. The quantitative estimate of drug-likeness (QED) is 0.835. The Morgan fingerprint density at radius 3 is 2.32 bits per heavy atom. The van der Waals surface area contributed by atoms with E-state index in [0.717, 1.165) is 5.92 Å². The van der Waals surface area contributed by atoms with E-state index in [0.29, 0.717) is 12.1 Å². The van der Waals surface area contributed by atoms with Crippen molar-refractivity contribution in [2.24, 2.45) is 5.92 Å². The molecule has 124 valence electrons. The van der Waals surface area contributed by atoms with E-state index >= 15 is 0 Å². The van der Waals surface area contributed by atoms with Crippen LogP contribution in [0.4, 0.5) is 0 Å². The van der Waals surface area contributed by atoms with E-state index in [9.17, 15) is 0 Å². The summed E-state index contributed by atoms with van der Waals surface area (Å²) in [7, 11) is 1.81. The summed E-state index contributed by atoms with van der Waals surface area (Å²) in [6.45, 7) is 10.5. The summed E-state index contributed by atoms with van der Waals surface area (Å²) < 4.78 is 5.74. The third-order valence-electron chi connectivity index (χ3n) is 4.55. The van der Waals surface area contributed by atoms with Crippen LogP contribution in [-0.2, 0) is 4.74 Å². The van der Waals surface area contributed by atoms with Gasteiger partial charge >= 0.3 is 0 Å². The Balaban J connectivity index is 1.83. The average molecular weight is 304 g/mol. The molecule has 0 aliphatic carbocycles. The van der Waals surface area contributed by atoms with E-state index in [1.54, 1.807) is 7.11 Å². The number of benzene rings is 1. The molecule has 0 saturated carbocycles. The number of ether oxygens (including phenoxy) is 1. The normalized spacial score (nSPS) is 20.2. The third-order valence-corrected chi connectivity index (χ3v) is 4.55. The van der Waals surface area contributed by atoms with Crippen LogP contribution in [0.1, 0.15) is 45.3 Å². The fraction of sp³-hybridized carbons (Fsp3) is 0.684. The van der Waals surface area contributed by atoms with Crippen molar-refractivity contribution in [1.29, 1.82) is 0 Å². The van der Waals surface area contributed by atoms with Gasteiger partial charge in [0.15, 0.2) is 0 Å². The zero-order chi connectivity index (χ0) is 15.9. The second-order valence-corrected chi connectivity index (χ2v) is 6.99. The first-order valence-corrected chi connectivity index (χ1v) is 8.66. The number of piperidine rings is 1. The van der Waals surface area contributed by atoms with Crippen LogP contribution < -0.4 is 5.32 Å². The number of rotatable bonds is 7. The maximum absolute atomic E-state index is 5.74. The molecule has 0 amide bonds. The smallest absolute Gasteiger partial charge is 0.0971 e. The highest BCUT2D eigenvalue weighted by molar-refractivity contribution is 5.19. The zero-order valence-corrected chi connectivity index (χ0v) is 14.6. The molecule has 1 aliphatic heterocycles. The van der Waals surface area contributed by atoms with E-state index in [-0.39, 0.29) is 6.10 Å². The molecule has 1 heterocycles. The molecule has 3 nitrogen and oxygen atoms in total. The summed E-state index contributed by atoms with van der Waals surface area (Å²) >= 11 is 0. The van der Waals surface area contributed by atoms with Gasteiger partial charge in [-0.1, -0.05) is 44.2 Å². The maximum Gasteiger partial charge on any atom is 0.0971 e. The van der Waals surface area contributed by atoms with Crippen molar-refractivity contribution in [3.8, 4) is 0 Å². The third kappa shape index (κ3) is 5.08. The summed E-state index contributed by atoms with van der Waals surface area (Å²) in [4.78, 5) is 2.60. The molecule has 0 radical (unpaired) electrons. The van der Waals surface area contributed by atoms with E-state index in [1.807, 2.05) is 0 Å². The van der Waals surface area contributed by atoms with Crippen molar-refractivity contribution in [2.75, 3.05) is 26.7 Å². The van der Waals surface area contributed by atoms with Gasteiger partial charge in [0.05, 0.1) is 6.10 Å². The van der Waals surface area contributed by atoms with Gasteiger partial charge in [0.25, 0.3) is 0 Å². The van der Waals surface area contributed by atoms with Gasteiger partial charge in [0, 0.05) is 25.7 Å². The monoisotopic (exact) mass is 304 g/mol. The molecule has 2 atom stereocenters. The summed E-state index contributed by atoms with van der Waals surface area (Å²) in [5.41, 5.74) is 1.25. The van der Waals surface area contributed by atoms with Crippen molar-refractivity contribution in [3.05, 3.63) is 35.9 Å². The molecule has 1 fully saturated rings. The van der Waals surface area contributed by atoms with Crippen molar-refractivity contribution in [3.63, 3.8) is 0 Å². The fourth-order valence-electron chi connectivity index (χ4n) is 3.53. The minimum atomic E-state index is 0.120. The van der Waals surface area contributed by atoms with Gasteiger partial charge in [-0.25, -0.2) is 0 Å². The maximum atomic E-state index is 5.74. The van der Waals surface area contributed by atoms with Crippen LogP contribution in [0.2, 0.25) is 0 Å². The fourth-order valence-corrected chi connectivity index (χ4v) is 3.53. The Labute approximate surface area is 136 Å². The van der Waals surface area contributed by atoms with E-state index in [2.05, 4.69) is 61.3 Å². The molecule has 1 saturated heterocycles. The Morgan fingerprint density at radius 1 is 1.14 bits per heavy atom. The molecule has 0 unspecified atom stereocenters. The van der Waals surface area contributed by atoms with Crippen LogP contribution >= 0.6 is 0 Å². The number of nitrogens with one attached hydrogen (secondary N) is 1. The van der Waals surface area contributed by atoms with Crippen LogP contribution in [0.5, 0.6) is 0 Å². The van der Waals surface area contributed by atoms with Gasteiger partial charge in [-0.2, -0.15) is 0 Å². The number of hydrogen-bond donors (Lipinski definition) is 1. The van der Waals surface area contributed by atoms with Crippen LogP contribution in [0, 0.1) is 5.92 Å². The van der Waals surface area contributed by atoms with Gasteiger partial charge in [-0.15, -0.1) is 0 Å². The molecule has 0 spiro atoms. The largest absolute Gasteiger partial charge is 0.375 e. The zero-order valence-electron chi connectivity index (χ0n) is 14.6. The molecule has 1 N–H and O–H groups in total. The van der Waals surface area contributed by atoms with Crippen molar-refractivity contribution >= 4 is 0 Å². The topological polar surface area (TPSA) is 24.5 Å². The summed E-state index contributed by atoms with van der Waals surface area (Å²) in [6, 6.07) is 11.5. The molecule has 2 rings (SSSR count). The predicted octanol–water partition coefficient (Wildman–Crippen LogP) is 3.47. The number of methoxy groups -OCH3 is 1. The van der Waals surface area contributed by atoms with Gasteiger partial charge in [0.1, 0.15) is 0 Å². The lowest BCUT2D eigenvalue weighted by atomic mass is 9.99. The van der Waals surface area contributed by atoms with E-state index in [4.69, 9.17) is 4.74 Å². The van der Waals surface area contributed by atoms with Crippen molar-refractivity contribution in [2.45, 2.75) is 51.8 Å². The predicted molar refractivity (Wildman–Crippen MR) is 93.1 cm³/mol. The molecule has 1 aromatic carbocycles. The summed E-state index contributed by atoms with van der Waals surface area (Å²) in [5, 5.41) is 3.79. The van der Waals surface area contributed by atoms with E-state index in [1.165, 1.54) is 38.0 Å². The lowest BCUT2D eigenvalue weighted by Crippen LogP contribution is -2.47. The molecule has 1 aliphatic rings. The van der Waals surface area contributed by atoms with Gasteiger partial charge in [0.2, 0.25) is 0 Å². The van der Waals surface area contributed by atoms with Crippen LogP contribution in [0.15, 0.2) is 30.3 Å². The first kappa shape index (κ1) is 17.5. The number of hydrogen-bond acceptors (Lipinski definition) is 3. The molecular weight excluding hydrogens is 272 g/mol. The van der Waals surface area contributed by atoms with Gasteiger partial charge in [-0.3, -0.25) is 0 Å². The van der Waals surface area contributed by atoms with Crippen LogP contribution in [0.3, 0.4) is 0 Å². The average Bonchev–Trinajstić information content (AvgIpc) is 2.50. The second kappa shape index (κ2) is 8.66. The number of likely N-dealkylation sites (tertiary alicyclic amines) is 1. The summed E-state index contributed by atoms with van der Waals surface area (Å²) in [6.07, 6.45) is 2.60. The van der Waals surface area contributed by atoms with Crippen LogP contribution in [-0.4, -0.2) is 43.7 Å². The summed E-state index contributed by atoms with van der Waals surface area (Å²) in [5.74, 6) is 0.763. The van der Waals surface area contributed by atoms with Gasteiger partial charge in [-0.05, 0) is 44.3 Å². The lowest BCUT2D eigenvalue weighted by molar-refractivity contribution is 0.0636. The SMILES string of the molecule is CO[C@@H](c1ccccc1)[C@H](C)NC1CCN(CC(C)C)CC1. The molecule has 0 bridgehead atoms. The Hall–Kier alpha value is -0.900. The Bertz CT molecular complexity index is 413. The molecular formula is C19H32N2O. The Kier molecular flexibility index (Phi) is 6.87. The lowest BCUT2D eigenvalue weighted by Gasteiger charge is -2.36.